The number of nitrogens with two attached hydrogens (primary N) is 1. The second-order valence-electron chi connectivity index (χ2n) is 5.01. The number of benzene rings is 1. The van der Waals surface area contributed by atoms with Gasteiger partial charge in [0.05, 0.1) is 24.2 Å². The number of carbonyl (C=O) groups excluding carboxylic acids is 1. The van der Waals surface area contributed by atoms with Crippen molar-refractivity contribution in [3.8, 4) is 5.75 Å². The Balaban J connectivity index is 2.06. The first-order valence-corrected chi connectivity index (χ1v) is 7.70. The van der Waals surface area contributed by atoms with Crippen molar-refractivity contribution in [2.45, 2.75) is 31.1 Å². The predicted octanol–water partition coefficient (Wildman–Crippen LogP) is 1.52. The zero-order chi connectivity index (χ0) is 15.4. The van der Waals surface area contributed by atoms with Crippen LogP contribution in [-0.4, -0.2) is 40.8 Å². The fraction of sp³-hybridized carbons (Fsp3) is 0.429. The molecule has 21 heavy (non-hydrogen) atoms. The lowest BCUT2D eigenvalue weighted by atomic mass is 10.3. The summed E-state index contributed by atoms with van der Waals surface area (Å²) in [7, 11) is 1.63. The molecule has 0 bridgehead atoms. The number of carbonyl (C=O) groups is 1. The second kappa shape index (κ2) is 6.82. The summed E-state index contributed by atoms with van der Waals surface area (Å²) in [5.74, 6) is 0.956. The zero-order valence-electron chi connectivity index (χ0n) is 12.3. The predicted molar refractivity (Wildman–Crippen MR) is 84.6 cm³/mol. The van der Waals surface area contributed by atoms with E-state index >= 15 is 0 Å². The van der Waals surface area contributed by atoms with Gasteiger partial charge in [0, 0.05) is 17.9 Å². The highest BCUT2D eigenvalue weighted by Gasteiger charge is 2.17. The Morgan fingerprint density at radius 2 is 2.29 bits per heavy atom. The summed E-state index contributed by atoms with van der Waals surface area (Å²) in [6.07, 6.45) is 0. The summed E-state index contributed by atoms with van der Waals surface area (Å²) in [4.78, 5) is 19.1. The van der Waals surface area contributed by atoms with Crippen LogP contribution in [0.25, 0.3) is 11.0 Å². The van der Waals surface area contributed by atoms with Crippen molar-refractivity contribution in [2.75, 3.05) is 12.9 Å². The third-order valence-electron chi connectivity index (χ3n) is 2.93. The van der Waals surface area contributed by atoms with Crippen molar-refractivity contribution in [1.82, 2.24) is 15.3 Å². The Morgan fingerprint density at radius 3 is 2.90 bits per heavy atom. The van der Waals surface area contributed by atoms with Gasteiger partial charge in [-0.25, -0.2) is 4.98 Å². The normalized spacial score (nSPS) is 12.8. The van der Waals surface area contributed by atoms with Crippen molar-refractivity contribution in [2.24, 2.45) is 5.73 Å². The molecule has 114 valence electrons. The number of H-pyrrole nitrogens is 1. The highest BCUT2D eigenvalue weighted by atomic mass is 32.2. The third kappa shape index (κ3) is 4.12. The zero-order valence-corrected chi connectivity index (χ0v) is 13.2. The number of nitrogens with one attached hydrogen (secondary N) is 2. The van der Waals surface area contributed by atoms with Crippen LogP contribution < -0.4 is 15.8 Å². The number of hydrogen-bond donors (Lipinski definition) is 3. The van der Waals surface area contributed by atoms with Crippen molar-refractivity contribution >= 4 is 28.7 Å². The van der Waals surface area contributed by atoms with E-state index in [-0.39, 0.29) is 18.0 Å². The second-order valence-corrected chi connectivity index (χ2v) is 6.02. The molecule has 1 unspecified atom stereocenters. The van der Waals surface area contributed by atoms with Gasteiger partial charge < -0.3 is 20.8 Å². The molecule has 1 amide bonds. The summed E-state index contributed by atoms with van der Waals surface area (Å²) in [5.41, 5.74) is 7.17. The molecule has 0 aliphatic heterocycles. The molecule has 1 heterocycles. The maximum atomic E-state index is 11.4. The van der Waals surface area contributed by atoms with Gasteiger partial charge in [-0.15, -0.1) is 0 Å². The van der Waals surface area contributed by atoms with E-state index in [9.17, 15) is 4.79 Å². The Labute approximate surface area is 127 Å². The standard InChI is InChI=1S/C14H20N4O2S/c1-8(2)16-12(13(15)19)7-21-14-17-10-5-4-9(20-3)6-11(10)18-14/h4-6,8,12,16H,7H2,1-3H3,(H2,15,19)(H,17,18). The van der Waals surface area contributed by atoms with Crippen LogP contribution in [0.1, 0.15) is 13.8 Å². The molecule has 0 aliphatic carbocycles. The number of thioether (sulfide) groups is 1. The highest BCUT2D eigenvalue weighted by molar-refractivity contribution is 7.99. The van der Waals surface area contributed by atoms with E-state index in [4.69, 9.17) is 10.5 Å². The van der Waals surface area contributed by atoms with Crippen molar-refractivity contribution in [1.29, 1.82) is 0 Å². The van der Waals surface area contributed by atoms with Crippen LogP contribution in [0.2, 0.25) is 0 Å². The van der Waals surface area contributed by atoms with E-state index in [0.29, 0.717) is 5.75 Å². The molecule has 0 aliphatic rings. The van der Waals surface area contributed by atoms with E-state index in [2.05, 4.69) is 15.3 Å². The van der Waals surface area contributed by atoms with Crippen LogP contribution in [0.4, 0.5) is 0 Å². The Bertz CT molecular complexity index is 626. The minimum absolute atomic E-state index is 0.197. The highest BCUT2D eigenvalue weighted by Crippen LogP contribution is 2.23. The average Bonchev–Trinajstić information content (AvgIpc) is 2.84. The molecule has 4 N–H and O–H groups in total. The van der Waals surface area contributed by atoms with Gasteiger partial charge >= 0.3 is 0 Å². The number of imidazole rings is 1. The summed E-state index contributed by atoms with van der Waals surface area (Å²) < 4.78 is 5.18. The maximum absolute atomic E-state index is 11.4. The van der Waals surface area contributed by atoms with Gasteiger partial charge in [-0.1, -0.05) is 25.6 Å². The Morgan fingerprint density at radius 1 is 1.52 bits per heavy atom. The minimum Gasteiger partial charge on any atom is -0.497 e. The summed E-state index contributed by atoms with van der Waals surface area (Å²) in [6, 6.07) is 5.47. The number of hydrogen-bond acceptors (Lipinski definition) is 5. The summed E-state index contributed by atoms with van der Waals surface area (Å²) in [5, 5.41) is 3.90. The molecule has 1 aromatic heterocycles. The van der Waals surface area contributed by atoms with Crippen LogP contribution in [-0.2, 0) is 4.79 Å². The van der Waals surface area contributed by atoms with Crippen LogP contribution in [0.3, 0.4) is 0 Å². The van der Waals surface area contributed by atoms with E-state index in [1.54, 1.807) is 7.11 Å². The van der Waals surface area contributed by atoms with Gasteiger partial charge in [0.25, 0.3) is 0 Å². The quantitative estimate of drug-likeness (QED) is 0.674. The lowest BCUT2D eigenvalue weighted by molar-refractivity contribution is -0.119. The number of aromatic nitrogens is 2. The summed E-state index contributed by atoms with van der Waals surface area (Å²) >= 11 is 1.47. The fourth-order valence-corrected chi connectivity index (χ4v) is 2.87. The van der Waals surface area contributed by atoms with Crippen molar-refractivity contribution < 1.29 is 9.53 Å². The molecular formula is C14H20N4O2S. The molecule has 1 atom stereocenters. The number of amides is 1. The Hall–Kier alpha value is -1.73. The van der Waals surface area contributed by atoms with Crippen LogP contribution >= 0.6 is 11.8 Å². The number of methoxy groups -OCH3 is 1. The molecule has 2 aromatic rings. The number of fused-ring (bicyclic) bond motifs is 1. The van der Waals surface area contributed by atoms with E-state index in [1.165, 1.54) is 11.8 Å². The molecule has 0 saturated carbocycles. The van der Waals surface area contributed by atoms with Gasteiger partial charge in [-0.05, 0) is 12.1 Å². The lowest BCUT2D eigenvalue weighted by Gasteiger charge is -2.16. The average molecular weight is 308 g/mol. The monoisotopic (exact) mass is 308 g/mol. The molecule has 0 saturated heterocycles. The molecule has 2 rings (SSSR count). The first kappa shape index (κ1) is 15.7. The van der Waals surface area contributed by atoms with E-state index in [1.807, 2.05) is 32.0 Å². The minimum atomic E-state index is -0.377. The van der Waals surface area contributed by atoms with E-state index < -0.39 is 0 Å². The number of rotatable bonds is 7. The SMILES string of the molecule is COc1ccc2nc(SCC(NC(C)C)C(N)=O)[nH]c2c1. The number of nitrogens with zero attached hydrogens (tertiary/aromatic N) is 1. The molecule has 1 aromatic carbocycles. The van der Waals surface area contributed by atoms with Gasteiger partial charge in [0.1, 0.15) is 5.75 Å². The number of ether oxygens (including phenoxy) is 1. The molecule has 0 spiro atoms. The van der Waals surface area contributed by atoms with E-state index in [0.717, 1.165) is 21.9 Å². The largest absolute Gasteiger partial charge is 0.497 e. The van der Waals surface area contributed by atoms with Gasteiger partial charge in [-0.3, -0.25) is 4.79 Å². The van der Waals surface area contributed by atoms with Crippen LogP contribution in [0.5, 0.6) is 5.75 Å². The lowest BCUT2D eigenvalue weighted by Crippen LogP contribution is -2.46. The van der Waals surface area contributed by atoms with Gasteiger partial charge in [0.15, 0.2) is 5.16 Å². The smallest absolute Gasteiger partial charge is 0.235 e. The molecular weight excluding hydrogens is 288 g/mol. The van der Waals surface area contributed by atoms with Crippen molar-refractivity contribution in [3.63, 3.8) is 0 Å². The van der Waals surface area contributed by atoms with Gasteiger partial charge in [-0.2, -0.15) is 0 Å². The third-order valence-corrected chi connectivity index (χ3v) is 3.90. The fourth-order valence-electron chi connectivity index (χ4n) is 1.94. The molecule has 6 nitrogen and oxygen atoms in total. The Kier molecular flexibility index (Phi) is 5.08. The molecule has 7 heteroatoms. The van der Waals surface area contributed by atoms with Crippen LogP contribution in [0.15, 0.2) is 23.4 Å². The topological polar surface area (TPSA) is 93.0 Å². The molecule has 0 radical (unpaired) electrons. The van der Waals surface area contributed by atoms with Gasteiger partial charge in [0.2, 0.25) is 5.91 Å². The maximum Gasteiger partial charge on any atom is 0.235 e. The number of aromatic amines is 1. The van der Waals surface area contributed by atoms with Crippen LogP contribution in [0, 0.1) is 0 Å². The number of primary amides is 1. The summed E-state index contributed by atoms with van der Waals surface area (Å²) in [6.45, 7) is 3.96. The first-order chi connectivity index (χ1) is 9.99. The molecule has 0 fully saturated rings. The first-order valence-electron chi connectivity index (χ1n) is 6.71. The van der Waals surface area contributed by atoms with Crippen molar-refractivity contribution in [3.05, 3.63) is 18.2 Å².